The van der Waals surface area contributed by atoms with Crippen LogP contribution < -0.4 is 5.32 Å². The molecule has 1 aliphatic heterocycles. The largest absolute Gasteiger partial charge is 0.339 e. The minimum absolute atomic E-state index is 0.512. The van der Waals surface area contributed by atoms with Crippen molar-refractivity contribution >= 4 is 0 Å². The molecule has 0 spiro atoms. The van der Waals surface area contributed by atoms with Crippen LogP contribution in [0.5, 0.6) is 0 Å². The van der Waals surface area contributed by atoms with Crippen molar-refractivity contribution < 1.29 is 4.52 Å². The predicted octanol–water partition coefficient (Wildman–Crippen LogP) is 1.66. The quantitative estimate of drug-likeness (QED) is 0.801. The van der Waals surface area contributed by atoms with Crippen LogP contribution in [0.25, 0.3) is 0 Å². The van der Waals surface area contributed by atoms with Crippen LogP contribution in [0.4, 0.5) is 0 Å². The van der Waals surface area contributed by atoms with Gasteiger partial charge in [-0.15, -0.1) is 0 Å². The molecule has 1 saturated heterocycles. The van der Waals surface area contributed by atoms with E-state index in [4.69, 9.17) is 4.52 Å². The number of nitrogens with zero attached hydrogens (tertiary/aromatic N) is 2. The second kappa shape index (κ2) is 3.59. The maximum absolute atomic E-state index is 5.33. The summed E-state index contributed by atoms with van der Waals surface area (Å²) in [7, 11) is 0. The lowest BCUT2D eigenvalue weighted by Crippen LogP contribution is -2.27. The molecular formula is C11H17N3O. The van der Waals surface area contributed by atoms with Crippen LogP contribution in [-0.4, -0.2) is 23.2 Å². The summed E-state index contributed by atoms with van der Waals surface area (Å²) in [5.41, 5.74) is 0. The Morgan fingerprint density at radius 3 is 2.73 bits per heavy atom. The van der Waals surface area contributed by atoms with E-state index < -0.39 is 0 Å². The fourth-order valence-electron chi connectivity index (χ4n) is 2.31. The Hall–Kier alpha value is -0.900. The van der Waals surface area contributed by atoms with Crippen LogP contribution in [0.15, 0.2) is 4.52 Å². The first-order valence-electron chi connectivity index (χ1n) is 5.89. The molecule has 2 atom stereocenters. The van der Waals surface area contributed by atoms with E-state index in [1.807, 2.05) is 0 Å². The second-order valence-electron chi connectivity index (χ2n) is 4.83. The molecule has 0 aromatic carbocycles. The van der Waals surface area contributed by atoms with Crippen LogP contribution in [-0.2, 0) is 0 Å². The van der Waals surface area contributed by atoms with Crippen molar-refractivity contribution in [3.8, 4) is 0 Å². The number of hydrogen-bond donors (Lipinski definition) is 1. The molecule has 1 saturated carbocycles. The SMILES string of the molecule is CC1CC1c1nc(C2CCNCC2)no1. The summed E-state index contributed by atoms with van der Waals surface area (Å²) >= 11 is 0. The minimum Gasteiger partial charge on any atom is -0.339 e. The number of nitrogens with one attached hydrogen (secondary N) is 1. The number of piperidine rings is 1. The summed E-state index contributed by atoms with van der Waals surface area (Å²) in [6, 6.07) is 0. The molecule has 15 heavy (non-hydrogen) atoms. The van der Waals surface area contributed by atoms with Crippen LogP contribution in [0.2, 0.25) is 0 Å². The molecule has 2 fully saturated rings. The Kier molecular flexibility index (Phi) is 2.24. The zero-order valence-corrected chi connectivity index (χ0v) is 9.07. The molecule has 1 N–H and O–H groups in total. The van der Waals surface area contributed by atoms with Gasteiger partial charge in [0, 0.05) is 11.8 Å². The summed E-state index contributed by atoms with van der Waals surface area (Å²) in [6.45, 7) is 4.39. The maximum Gasteiger partial charge on any atom is 0.230 e. The van der Waals surface area contributed by atoms with Gasteiger partial charge in [0.05, 0.1) is 0 Å². The van der Waals surface area contributed by atoms with E-state index >= 15 is 0 Å². The monoisotopic (exact) mass is 207 g/mol. The van der Waals surface area contributed by atoms with Crippen LogP contribution in [0, 0.1) is 5.92 Å². The van der Waals surface area contributed by atoms with E-state index in [2.05, 4.69) is 22.4 Å². The molecule has 3 rings (SSSR count). The van der Waals surface area contributed by atoms with Crippen molar-refractivity contribution in [3.63, 3.8) is 0 Å². The molecule has 2 heterocycles. The Labute approximate surface area is 89.4 Å². The van der Waals surface area contributed by atoms with Crippen LogP contribution >= 0.6 is 0 Å². The lowest BCUT2D eigenvalue weighted by Gasteiger charge is -2.18. The summed E-state index contributed by atoms with van der Waals surface area (Å²) in [5, 5.41) is 7.47. The van der Waals surface area contributed by atoms with E-state index in [1.54, 1.807) is 0 Å². The van der Waals surface area contributed by atoms with E-state index in [-0.39, 0.29) is 0 Å². The third-order valence-corrected chi connectivity index (χ3v) is 3.59. The van der Waals surface area contributed by atoms with Gasteiger partial charge < -0.3 is 9.84 Å². The molecule has 0 radical (unpaired) electrons. The Bertz CT molecular complexity index is 343. The predicted molar refractivity (Wildman–Crippen MR) is 55.7 cm³/mol. The average Bonchev–Trinajstić information content (AvgIpc) is 2.83. The molecule has 4 heteroatoms. The van der Waals surface area contributed by atoms with E-state index in [9.17, 15) is 0 Å². The highest BCUT2D eigenvalue weighted by Crippen LogP contribution is 2.46. The molecule has 82 valence electrons. The topological polar surface area (TPSA) is 51.0 Å². The van der Waals surface area contributed by atoms with Gasteiger partial charge in [0.15, 0.2) is 5.82 Å². The first kappa shape index (κ1) is 9.33. The molecule has 2 aliphatic rings. The summed E-state index contributed by atoms with van der Waals surface area (Å²) < 4.78 is 5.33. The minimum atomic E-state index is 0.512. The van der Waals surface area contributed by atoms with E-state index in [1.165, 1.54) is 6.42 Å². The first-order valence-corrected chi connectivity index (χ1v) is 5.89. The van der Waals surface area contributed by atoms with Crippen molar-refractivity contribution in [1.82, 2.24) is 15.5 Å². The number of hydrogen-bond acceptors (Lipinski definition) is 4. The second-order valence-corrected chi connectivity index (χ2v) is 4.83. The van der Waals surface area contributed by atoms with E-state index in [0.717, 1.165) is 43.6 Å². The molecule has 1 aliphatic carbocycles. The first-order chi connectivity index (χ1) is 7.34. The van der Waals surface area contributed by atoms with Gasteiger partial charge in [-0.25, -0.2) is 0 Å². The highest BCUT2D eigenvalue weighted by molar-refractivity contribution is 5.08. The Morgan fingerprint density at radius 1 is 1.33 bits per heavy atom. The molecule has 4 nitrogen and oxygen atoms in total. The van der Waals surface area contributed by atoms with Gasteiger partial charge in [-0.2, -0.15) is 4.98 Å². The lowest BCUT2D eigenvalue weighted by molar-refractivity contribution is 0.359. The summed E-state index contributed by atoms with van der Waals surface area (Å²) in [6.07, 6.45) is 3.49. The average molecular weight is 207 g/mol. The maximum atomic E-state index is 5.33. The summed E-state index contributed by atoms with van der Waals surface area (Å²) in [4.78, 5) is 4.54. The molecule has 1 aromatic rings. The Balaban J connectivity index is 1.72. The zero-order chi connectivity index (χ0) is 10.3. The van der Waals surface area contributed by atoms with Crippen molar-refractivity contribution in [3.05, 3.63) is 11.7 Å². The van der Waals surface area contributed by atoms with Gasteiger partial charge in [0.25, 0.3) is 0 Å². The van der Waals surface area contributed by atoms with Crippen LogP contribution in [0.1, 0.15) is 49.7 Å². The fraction of sp³-hybridized carbons (Fsp3) is 0.818. The normalized spacial score (nSPS) is 31.8. The standard InChI is InChI=1S/C11H17N3O/c1-7-6-9(7)11-13-10(14-15-11)8-2-4-12-5-3-8/h7-9,12H,2-6H2,1H3. The molecular weight excluding hydrogens is 190 g/mol. The Morgan fingerprint density at radius 2 is 2.07 bits per heavy atom. The van der Waals surface area contributed by atoms with E-state index in [0.29, 0.717) is 11.8 Å². The molecule has 0 amide bonds. The van der Waals surface area contributed by atoms with Gasteiger partial charge in [0.2, 0.25) is 5.89 Å². The third-order valence-electron chi connectivity index (χ3n) is 3.59. The van der Waals surface area contributed by atoms with Crippen molar-refractivity contribution in [2.45, 2.75) is 38.0 Å². The molecule has 2 unspecified atom stereocenters. The van der Waals surface area contributed by atoms with Gasteiger partial charge in [0.1, 0.15) is 0 Å². The highest BCUT2D eigenvalue weighted by Gasteiger charge is 2.39. The fourth-order valence-corrected chi connectivity index (χ4v) is 2.31. The van der Waals surface area contributed by atoms with Crippen molar-refractivity contribution in [1.29, 1.82) is 0 Å². The van der Waals surface area contributed by atoms with Crippen LogP contribution in [0.3, 0.4) is 0 Å². The third kappa shape index (κ3) is 1.78. The van der Waals surface area contributed by atoms with Gasteiger partial charge in [-0.05, 0) is 38.3 Å². The zero-order valence-electron chi connectivity index (χ0n) is 9.07. The summed E-state index contributed by atoms with van der Waals surface area (Å²) in [5.74, 6) is 3.61. The van der Waals surface area contributed by atoms with Gasteiger partial charge in [-0.3, -0.25) is 0 Å². The van der Waals surface area contributed by atoms with Gasteiger partial charge in [-0.1, -0.05) is 12.1 Å². The van der Waals surface area contributed by atoms with Crippen molar-refractivity contribution in [2.75, 3.05) is 13.1 Å². The molecule has 0 bridgehead atoms. The number of aromatic nitrogens is 2. The smallest absolute Gasteiger partial charge is 0.230 e. The lowest BCUT2D eigenvalue weighted by atomic mass is 9.98. The molecule has 1 aromatic heterocycles. The van der Waals surface area contributed by atoms with Gasteiger partial charge >= 0.3 is 0 Å². The van der Waals surface area contributed by atoms with Crippen molar-refractivity contribution in [2.24, 2.45) is 5.92 Å². The number of rotatable bonds is 2. The highest BCUT2D eigenvalue weighted by atomic mass is 16.5.